The summed E-state index contributed by atoms with van der Waals surface area (Å²) in [6.07, 6.45) is 4.35. The summed E-state index contributed by atoms with van der Waals surface area (Å²) in [5.41, 5.74) is 0. The van der Waals surface area contributed by atoms with Gasteiger partial charge < -0.3 is 8.98 Å². The summed E-state index contributed by atoms with van der Waals surface area (Å²) in [5, 5.41) is 0. The van der Waals surface area contributed by atoms with E-state index in [1.807, 2.05) is 0 Å². The maximum absolute atomic E-state index is 11.7. The Labute approximate surface area is 91.7 Å². The Morgan fingerprint density at radius 1 is 1.44 bits per heavy atom. The Bertz CT molecular complexity index is 511. The minimum Gasteiger partial charge on any atom is -0.461 e. The number of Topliss-reactive ketones (excluding diaryl/α,β-unsaturated/α-hetero) is 2. The van der Waals surface area contributed by atoms with Crippen LogP contribution in [-0.2, 0) is 7.05 Å². The van der Waals surface area contributed by atoms with Crippen LogP contribution in [-0.4, -0.2) is 21.1 Å². The fourth-order valence-electron chi connectivity index (χ4n) is 1.38. The minimum absolute atomic E-state index is 0.197. The SMILES string of the molecule is Cn1ccnc1C(=O)CC(=O)c1ccco1. The quantitative estimate of drug-likeness (QED) is 0.575. The van der Waals surface area contributed by atoms with E-state index in [0.29, 0.717) is 0 Å². The van der Waals surface area contributed by atoms with Gasteiger partial charge >= 0.3 is 0 Å². The molecule has 0 aliphatic heterocycles. The maximum Gasteiger partial charge on any atom is 0.206 e. The van der Waals surface area contributed by atoms with Crippen LogP contribution < -0.4 is 0 Å². The zero-order chi connectivity index (χ0) is 11.5. The third kappa shape index (κ3) is 1.93. The summed E-state index contributed by atoms with van der Waals surface area (Å²) in [5.74, 6) is -0.172. The molecule has 2 rings (SSSR count). The number of rotatable bonds is 4. The normalized spacial score (nSPS) is 10.3. The Balaban J connectivity index is 2.09. The molecule has 16 heavy (non-hydrogen) atoms. The lowest BCUT2D eigenvalue weighted by molar-refractivity contribution is 0.0871. The van der Waals surface area contributed by atoms with Crippen molar-refractivity contribution in [3.8, 4) is 0 Å². The molecule has 0 fully saturated rings. The lowest BCUT2D eigenvalue weighted by Crippen LogP contribution is -2.12. The molecule has 5 heteroatoms. The predicted molar refractivity (Wildman–Crippen MR) is 55.2 cm³/mol. The van der Waals surface area contributed by atoms with Crippen LogP contribution in [0.1, 0.15) is 27.6 Å². The first-order valence-corrected chi connectivity index (χ1v) is 4.75. The summed E-state index contributed by atoms with van der Waals surface area (Å²) < 4.78 is 6.50. The number of nitrogens with zero attached hydrogens (tertiary/aromatic N) is 2. The molecule has 0 saturated heterocycles. The Hall–Kier alpha value is -2.17. The van der Waals surface area contributed by atoms with Gasteiger partial charge in [0.15, 0.2) is 11.6 Å². The summed E-state index contributed by atoms with van der Waals surface area (Å²) in [6, 6.07) is 3.15. The number of furan rings is 1. The summed E-state index contributed by atoms with van der Waals surface area (Å²) in [4.78, 5) is 27.1. The van der Waals surface area contributed by atoms with E-state index in [4.69, 9.17) is 4.42 Å². The van der Waals surface area contributed by atoms with Gasteiger partial charge in [-0.3, -0.25) is 9.59 Å². The van der Waals surface area contributed by atoms with Crippen molar-refractivity contribution in [3.05, 3.63) is 42.4 Å². The van der Waals surface area contributed by atoms with Gasteiger partial charge in [0.2, 0.25) is 11.6 Å². The highest BCUT2D eigenvalue weighted by molar-refractivity contribution is 6.11. The van der Waals surface area contributed by atoms with E-state index < -0.39 is 0 Å². The van der Waals surface area contributed by atoms with Gasteiger partial charge in [0.25, 0.3) is 0 Å². The fraction of sp³-hybridized carbons (Fsp3) is 0.182. The van der Waals surface area contributed by atoms with Crippen LogP contribution in [0.15, 0.2) is 35.2 Å². The Kier molecular flexibility index (Phi) is 2.68. The van der Waals surface area contributed by atoms with Gasteiger partial charge in [0.05, 0.1) is 12.7 Å². The van der Waals surface area contributed by atoms with Gasteiger partial charge in [-0.2, -0.15) is 0 Å². The zero-order valence-electron chi connectivity index (χ0n) is 8.71. The highest BCUT2D eigenvalue weighted by atomic mass is 16.3. The highest BCUT2D eigenvalue weighted by Crippen LogP contribution is 2.07. The Morgan fingerprint density at radius 3 is 2.81 bits per heavy atom. The number of hydrogen-bond acceptors (Lipinski definition) is 4. The van der Waals surface area contributed by atoms with Gasteiger partial charge in [-0.05, 0) is 12.1 Å². The van der Waals surface area contributed by atoms with Crippen LogP contribution in [0.4, 0.5) is 0 Å². The van der Waals surface area contributed by atoms with Crippen LogP contribution in [0.2, 0.25) is 0 Å². The summed E-state index contributed by atoms with van der Waals surface area (Å²) in [7, 11) is 1.71. The lowest BCUT2D eigenvalue weighted by Gasteiger charge is -1.98. The zero-order valence-corrected chi connectivity index (χ0v) is 8.71. The lowest BCUT2D eigenvalue weighted by atomic mass is 10.1. The van der Waals surface area contributed by atoms with Gasteiger partial charge in [0.1, 0.15) is 0 Å². The van der Waals surface area contributed by atoms with E-state index in [1.165, 1.54) is 18.5 Å². The summed E-state index contributed by atoms with van der Waals surface area (Å²) in [6.45, 7) is 0. The molecule has 0 aliphatic rings. The molecular formula is C11H10N2O3. The van der Waals surface area contributed by atoms with Crippen molar-refractivity contribution in [2.24, 2.45) is 7.05 Å². The average molecular weight is 218 g/mol. The second-order valence-corrected chi connectivity index (χ2v) is 3.36. The minimum atomic E-state index is -0.335. The molecule has 0 aromatic carbocycles. The second-order valence-electron chi connectivity index (χ2n) is 3.36. The molecule has 0 spiro atoms. The maximum atomic E-state index is 11.7. The first kappa shape index (κ1) is 10.4. The van der Waals surface area contributed by atoms with Crippen molar-refractivity contribution in [1.82, 2.24) is 9.55 Å². The van der Waals surface area contributed by atoms with Crippen molar-refractivity contribution < 1.29 is 14.0 Å². The van der Waals surface area contributed by atoms with E-state index in [1.54, 1.807) is 23.9 Å². The molecule has 2 heterocycles. The number of imidazole rings is 1. The van der Waals surface area contributed by atoms with Gasteiger partial charge in [-0.25, -0.2) is 4.98 Å². The van der Waals surface area contributed by atoms with E-state index in [-0.39, 0.29) is 29.6 Å². The largest absolute Gasteiger partial charge is 0.461 e. The molecular weight excluding hydrogens is 208 g/mol. The van der Waals surface area contributed by atoms with Gasteiger partial charge in [-0.1, -0.05) is 0 Å². The number of carbonyl (C=O) groups excluding carboxylic acids is 2. The van der Waals surface area contributed by atoms with E-state index in [2.05, 4.69) is 4.98 Å². The number of carbonyl (C=O) groups is 2. The molecule has 0 bridgehead atoms. The standard InChI is InChI=1S/C11H10N2O3/c1-13-5-4-12-11(13)9(15)7-8(14)10-3-2-6-16-10/h2-6H,7H2,1H3. The summed E-state index contributed by atoms with van der Waals surface area (Å²) >= 11 is 0. The molecule has 0 N–H and O–H groups in total. The highest BCUT2D eigenvalue weighted by Gasteiger charge is 2.18. The van der Waals surface area contributed by atoms with Crippen LogP contribution in [0, 0.1) is 0 Å². The van der Waals surface area contributed by atoms with Crippen LogP contribution in [0.3, 0.4) is 0 Å². The van der Waals surface area contributed by atoms with Gasteiger partial charge in [-0.15, -0.1) is 0 Å². The monoisotopic (exact) mass is 218 g/mol. The molecule has 0 aliphatic carbocycles. The van der Waals surface area contributed by atoms with Crippen molar-refractivity contribution in [2.75, 3.05) is 0 Å². The molecule has 0 saturated carbocycles. The van der Waals surface area contributed by atoms with Crippen molar-refractivity contribution in [2.45, 2.75) is 6.42 Å². The molecule has 2 aromatic rings. The van der Waals surface area contributed by atoms with E-state index in [9.17, 15) is 9.59 Å². The second kappa shape index (κ2) is 4.14. The first-order valence-electron chi connectivity index (χ1n) is 4.75. The molecule has 0 atom stereocenters. The topological polar surface area (TPSA) is 65.1 Å². The van der Waals surface area contributed by atoms with Gasteiger partial charge in [0, 0.05) is 19.4 Å². The third-order valence-corrected chi connectivity index (χ3v) is 2.19. The van der Waals surface area contributed by atoms with Crippen LogP contribution in [0.25, 0.3) is 0 Å². The van der Waals surface area contributed by atoms with E-state index in [0.717, 1.165) is 0 Å². The van der Waals surface area contributed by atoms with Crippen LogP contribution in [0.5, 0.6) is 0 Å². The smallest absolute Gasteiger partial charge is 0.206 e. The van der Waals surface area contributed by atoms with Crippen LogP contribution >= 0.6 is 0 Å². The molecule has 5 nitrogen and oxygen atoms in total. The molecule has 0 amide bonds. The number of aromatic nitrogens is 2. The average Bonchev–Trinajstić information content (AvgIpc) is 2.86. The van der Waals surface area contributed by atoms with Crippen molar-refractivity contribution in [3.63, 3.8) is 0 Å². The number of aryl methyl sites for hydroxylation is 1. The molecule has 82 valence electrons. The van der Waals surface area contributed by atoms with Crippen molar-refractivity contribution in [1.29, 1.82) is 0 Å². The molecule has 0 radical (unpaired) electrons. The third-order valence-electron chi connectivity index (χ3n) is 2.19. The van der Waals surface area contributed by atoms with E-state index >= 15 is 0 Å². The number of ketones is 2. The first-order chi connectivity index (χ1) is 7.68. The van der Waals surface area contributed by atoms with Crippen molar-refractivity contribution >= 4 is 11.6 Å². The molecule has 2 aromatic heterocycles. The predicted octanol–water partition coefficient (Wildman–Crippen LogP) is 1.47. The fourth-order valence-corrected chi connectivity index (χ4v) is 1.38. The Morgan fingerprint density at radius 2 is 2.25 bits per heavy atom. The molecule has 0 unspecified atom stereocenters. The number of hydrogen-bond donors (Lipinski definition) is 0.